The van der Waals surface area contributed by atoms with Crippen LogP contribution in [0.15, 0.2) is 85.7 Å². The molecule has 0 radical (unpaired) electrons. The maximum Gasteiger partial charge on any atom is 0.147 e. The fourth-order valence-electron chi connectivity index (χ4n) is 4.78. The van der Waals surface area contributed by atoms with Gasteiger partial charge in [0.1, 0.15) is 11.6 Å². The molecular weight excluding hydrogens is 462 g/mol. The summed E-state index contributed by atoms with van der Waals surface area (Å²) >= 11 is 0. The first-order valence-corrected chi connectivity index (χ1v) is 12.5. The molecule has 0 spiro atoms. The molecule has 6 rings (SSSR count). The number of H-pyrrole nitrogens is 1. The average molecular weight is 490 g/mol. The standard InChI is InChI=1S/C29H27N7O/c37-26(17-24-18-31-20-33-24)15-21-1-3-22(4-2-21)23-5-6-27-28(16-23)34-29(19-32-27)36-13-11-35(12-14-36)25-7-9-30-10-8-25/h1-10,16,18-20H,11-15,17H2,(H,31,33). The Balaban J connectivity index is 1.14. The van der Waals surface area contributed by atoms with Crippen LogP contribution in [0, 0.1) is 0 Å². The van der Waals surface area contributed by atoms with E-state index in [1.54, 1.807) is 12.5 Å². The summed E-state index contributed by atoms with van der Waals surface area (Å²) in [6.07, 6.45) is 9.61. The smallest absolute Gasteiger partial charge is 0.147 e. The van der Waals surface area contributed by atoms with Crippen LogP contribution >= 0.6 is 0 Å². The van der Waals surface area contributed by atoms with Crippen LogP contribution in [0.3, 0.4) is 0 Å². The highest BCUT2D eigenvalue weighted by Gasteiger charge is 2.19. The molecular formula is C29H27N7O. The summed E-state index contributed by atoms with van der Waals surface area (Å²) in [6.45, 7) is 3.65. The van der Waals surface area contributed by atoms with Gasteiger partial charge in [-0.05, 0) is 41.0 Å². The van der Waals surface area contributed by atoms with E-state index in [0.717, 1.165) is 65.4 Å². The van der Waals surface area contributed by atoms with Crippen molar-refractivity contribution in [2.24, 2.45) is 0 Å². The van der Waals surface area contributed by atoms with Gasteiger partial charge in [0.2, 0.25) is 0 Å². The largest absolute Gasteiger partial charge is 0.368 e. The summed E-state index contributed by atoms with van der Waals surface area (Å²) < 4.78 is 0. The summed E-state index contributed by atoms with van der Waals surface area (Å²) in [5.74, 6) is 1.07. The molecule has 1 saturated heterocycles. The molecule has 0 unspecified atom stereocenters. The van der Waals surface area contributed by atoms with E-state index in [2.05, 4.69) is 66.1 Å². The molecule has 4 heterocycles. The number of aromatic nitrogens is 5. The number of hydrogen-bond acceptors (Lipinski definition) is 7. The molecule has 0 saturated carbocycles. The molecule has 1 N–H and O–H groups in total. The van der Waals surface area contributed by atoms with Crippen molar-refractivity contribution in [3.05, 3.63) is 97.0 Å². The number of hydrogen-bond donors (Lipinski definition) is 1. The van der Waals surface area contributed by atoms with Crippen LogP contribution in [0.5, 0.6) is 0 Å². The molecule has 8 nitrogen and oxygen atoms in total. The van der Waals surface area contributed by atoms with Gasteiger partial charge in [-0.1, -0.05) is 30.3 Å². The zero-order valence-electron chi connectivity index (χ0n) is 20.4. The number of anilines is 2. The molecule has 0 bridgehead atoms. The lowest BCUT2D eigenvalue weighted by atomic mass is 10.0. The number of imidazole rings is 1. The summed E-state index contributed by atoms with van der Waals surface area (Å²) in [5, 5.41) is 0. The van der Waals surface area contributed by atoms with Crippen LogP contribution in [0.25, 0.3) is 22.2 Å². The zero-order valence-corrected chi connectivity index (χ0v) is 20.4. The molecule has 0 atom stereocenters. The van der Waals surface area contributed by atoms with Crippen molar-refractivity contribution in [1.82, 2.24) is 24.9 Å². The lowest BCUT2D eigenvalue weighted by molar-refractivity contribution is -0.117. The third kappa shape index (κ3) is 5.18. The maximum absolute atomic E-state index is 12.4. The highest BCUT2D eigenvalue weighted by molar-refractivity contribution is 5.84. The monoisotopic (exact) mass is 489 g/mol. The van der Waals surface area contributed by atoms with Crippen molar-refractivity contribution in [1.29, 1.82) is 0 Å². The van der Waals surface area contributed by atoms with Gasteiger partial charge >= 0.3 is 0 Å². The van der Waals surface area contributed by atoms with Gasteiger partial charge in [-0.3, -0.25) is 14.8 Å². The summed E-state index contributed by atoms with van der Waals surface area (Å²) in [4.78, 5) is 37.7. The number of pyridine rings is 1. The van der Waals surface area contributed by atoms with Crippen LogP contribution in [-0.2, 0) is 17.6 Å². The Labute approximate surface area is 215 Å². The lowest BCUT2D eigenvalue weighted by Gasteiger charge is -2.36. The molecule has 1 fully saturated rings. The number of fused-ring (bicyclic) bond motifs is 1. The number of aromatic amines is 1. The Morgan fingerprint density at radius 2 is 1.54 bits per heavy atom. The van der Waals surface area contributed by atoms with Crippen LogP contribution in [-0.4, -0.2) is 56.9 Å². The second kappa shape index (κ2) is 10.2. The number of nitrogens with one attached hydrogen (secondary N) is 1. The van der Waals surface area contributed by atoms with Gasteiger partial charge < -0.3 is 14.8 Å². The number of ketones is 1. The molecule has 0 amide bonds. The van der Waals surface area contributed by atoms with Crippen molar-refractivity contribution < 1.29 is 4.79 Å². The molecule has 2 aromatic carbocycles. The molecule has 37 heavy (non-hydrogen) atoms. The van der Waals surface area contributed by atoms with Crippen LogP contribution in [0.4, 0.5) is 11.5 Å². The number of Topliss-reactive ketones (excluding diaryl/α,β-unsaturated/α-hetero) is 1. The first kappa shape index (κ1) is 22.8. The SMILES string of the molecule is O=C(Cc1ccc(-c2ccc3ncc(N4CCN(c5ccncc5)CC4)nc3c2)cc1)Cc1cnc[nH]1. The van der Waals surface area contributed by atoms with Crippen LogP contribution in [0.1, 0.15) is 11.3 Å². The molecule has 5 aromatic rings. The Morgan fingerprint density at radius 3 is 2.30 bits per heavy atom. The van der Waals surface area contributed by atoms with Gasteiger partial charge in [0.25, 0.3) is 0 Å². The van der Waals surface area contributed by atoms with E-state index in [-0.39, 0.29) is 5.78 Å². The summed E-state index contributed by atoms with van der Waals surface area (Å²) in [7, 11) is 0. The number of benzene rings is 2. The topological polar surface area (TPSA) is 90.9 Å². The van der Waals surface area contributed by atoms with Crippen molar-refractivity contribution in [2.45, 2.75) is 12.8 Å². The van der Waals surface area contributed by atoms with Crippen molar-refractivity contribution in [2.75, 3.05) is 36.0 Å². The average Bonchev–Trinajstić information content (AvgIpc) is 3.46. The van der Waals surface area contributed by atoms with E-state index in [1.807, 2.05) is 36.8 Å². The van der Waals surface area contributed by atoms with E-state index in [9.17, 15) is 4.79 Å². The molecule has 0 aliphatic carbocycles. The maximum atomic E-state index is 12.4. The normalized spacial score (nSPS) is 13.7. The summed E-state index contributed by atoms with van der Waals surface area (Å²) in [6, 6.07) is 18.5. The van der Waals surface area contributed by atoms with Gasteiger partial charge in [-0.25, -0.2) is 9.97 Å². The van der Waals surface area contributed by atoms with Crippen LogP contribution in [0.2, 0.25) is 0 Å². The minimum absolute atomic E-state index is 0.159. The van der Waals surface area contributed by atoms with Gasteiger partial charge in [0.05, 0.1) is 23.6 Å². The van der Waals surface area contributed by atoms with Crippen LogP contribution < -0.4 is 9.80 Å². The van der Waals surface area contributed by atoms with Crippen molar-refractivity contribution in [3.63, 3.8) is 0 Å². The van der Waals surface area contributed by atoms with E-state index in [1.165, 1.54) is 5.69 Å². The van der Waals surface area contributed by atoms with Gasteiger partial charge in [0.15, 0.2) is 0 Å². The molecule has 8 heteroatoms. The first-order chi connectivity index (χ1) is 18.2. The third-order valence-electron chi connectivity index (χ3n) is 6.79. The van der Waals surface area contributed by atoms with Gasteiger partial charge in [-0.2, -0.15) is 0 Å². The van der Waals surface area contributed by atoms with E-state index in [4.69, 9.17) is 4.98 Å². The Kier molecular flexibility index (Phi) is 6.29. The van der Waals surface area contributed by atoms with Gasteiger partial charge in [0, 0.05) is 69.0 Å². The lowest BCUT2D eigenvalue weighted by Crippen LogP contribution is -2.46. The van der Waals surface area contributed by atoms with Crippen molar-refractivity contribution >= 4 is 28.3 Å². The Morgan fingerprint density at radius 1 is 0.784 bits per heavy atom. The predicted molar refractivity (Wildman–Crippen MR) is 145 cm³/mol. The second-order valence-electron chi connectivity index (χ2n) is 9.28. The fourth-order valence-corrected chi connectivity index (χ4v) is 4.78. The molecule has 3 aromatic heterocycles. The predicted octanol–water partition coefficient (Wildman–Crippen LogP) is 4.10. The molecule has 184 valence electrons. The zero-order chi connectivity index (χ0) is 25.0. The third-order valence-corrected chi connectivity index (χ3v) is 6.79. The second-order valence-corrected chi connectivity index (χ2v) is 9.28. The van der Waals surface area contributed by atoms with Gasteiger partial charge in [-0.15, -0.1) is 0 Å². The number of rotatable bonds is 7. The fraction of sp³-hybridized carbons (Fsp3) is 0.207. The number of carbonyl (C=O) groups is 1. The van der Waals surface area contributed by atoms with E-state index >= 15 is 0 Å². The Hall–Kier alpha value is -4.59. The molecule has 1 aliphatic heterocycles. The Bertz CT molecular complexity index is 1490. The minimum Gasteiger partial charge on any atom is -0.368 e. The van der Waals surface area contributed by atoms with Crippen molar-refractivity contribution in [3.8, 4) is 11.1 Å². The van der Waals surface area contributed by atoms with E-state index < -0.39 is 0 Å². The van der Waals surface area contributed by atoms with E-state index in [0.29, 0.717) is 12.8 Å². The highest BCUT2D eigenvalue weighted by atomic mass is 16.1. The number of carbonyl (C=O) groups excluding carboxylic acids is 1. The number of piperazine rings is 1. The number of nitrogens with zero attached hydrogens (tertiary/aromatic N) is 6. The highest BCUT2D eigenvalue weighted by Crippen LogP contribution is 2.25. The quantitative estimate of drug-likeness (QED) is 0.368. The molecule has 1 aliphatic rings. The minimum atomic E-state index is 0.159. The first-order valence-electron chi connectivity index (χ1n) is 12.5. The summed E-state index contributed by atoms with van der Waals surface area (Å²) in [5.41, 5.74) is 6.98.